The number of nitrogens with zero attached hydrogens (tertiary/aromatic N) is 2. The van der Waals surface area contributed by atoms with E-state index in [1.165, 1.54) is 12.3 Å². The number of anilines is 1. The van der Waals surface area contributed by atoms with Crippen molar-refractivity contribution in [1.82, 2.24) is 9.55 Å². The summed E-state index contributed by atoms with van der Waals surface area (Å²) in [6.45, 7) is 2.97. The maximum atomic E-state index is 11.6. The second-order valence-corrected chi connectivity index (χ2v) is 13.9. The summed E-state index contributed by atoms with van der Waals surface area (Å²) >= 11 is 0. The van der Waals surface area contributed by atoms with Gasteiger partial charge in [-0.1, -0.05) is 6.58 Å². The van der Waals surface area contributed by atoms with Gasteiger partial charge in [-0.15, -0.1) is 0 Å². The first kappa shape index (κ1) is 30.9. The molecule has 1 heterocycles. The van der Waals surface area contributed by atoms with Gasteiger partial charge in [-0.25, -0.2) is 18.5 Å². The molecule has 0 saturated carbocycles. The van der Waals surface area contributed by atoms with E-state index in [-0.39, 0.29) is 18.0 Å². The van der Waals surface area contributed by atoms with Crippen LogP contribution in [0.15, 0.2) is 29.2 Å². The molecule has 1 rings (SSSR count). The Balaban J connectivity index is 0.000000687. The summed E-state index contributed by atoms with van der Waals surface area (Å²) in [7, 11) is -20.8. The number of nitrogens with two attached hydrogens (primary N) is 1. The number of aliphatic hydroxyl groups excluding tert-OH is 1. The number of rotatable bonds is 10. The van der Waals surface area contributed by atoms with Gasteiger partial charge in [-0.05, 0) is 11.6 Å². The van der Waals surface area contributed by atoms with E-state index in [1.807, 2.05) is 0 Å². The quantitative estimate of drug-likeness (QED) is 0.118. The minimum atomic E-state index is -5.59. The molecular formula is C10H21N3O15P4. The van der Waals surface area contributed by atoms with Crippen LogP contribution >= 0.6 is 30.0 Å². The fraction of sp³-hybridized carbons (Fsp3) is 0.400. The molecule has 0 aliphatic heterocycles. The van der Waals surface area contributed by atoms with Gasteiger partial charge in [0, 0.05) is 6.20 Å². The third-order valence-electron chi connectivity index (χ3n) is 2.92. The van der Waals surface area contributed by atoms with Crippen LogP contribution in [-0.4, -0.2) is 68.5 Å². The van der Waals surface area contributed by atoms with Crippen LogP contribution in [0.2, 0.25) is 0 Å². The summed E-state index contributed by atoms with van der Waals surface area (Å²) in [6, 6.07) is 0.570. The van der Waals surface area contributed by atoms with Crippen molar-refractivity contribution in [2.24, 2.45) is 0 Å². The highest BCUT2D eigenvalue weighted by Gasteiger charge is 2.47. The Morgan fingerprint density at radius 3 is 2.00 bits per heavy atom. The largest absolute Gasteiger partial charge is 0.477 e. The van der Waals surface area contributed by atoms with Gasteiger partial charge in [-0.2, -0.15) is 9.29 Å². The molecule has 0 aliphatic carbocycles. The molecule has 0 spiro atoms. The number of phosphoric acid groups is 1. The molecule has 2 unspecified atom stereocenters. The standard InChI is InChI=1S/C10H16N3O6P.H5O9P3/c1-7(5-19-6-20(16,17)18)8(4-14)13-3-2-9(11)12-10(13)15;1-10(2,3)9-12(7,8)11(4,5)6/h2-3,8,14H,1,4-6H2,(H2,11,12,15)(H2,16,17,18);(H,7,8)(H2,1,2,3)(H2,4,5,6). The fourth-order valence-electron chi connectivity index (χ4n) is 1.65. The zero-order valence-corrected chi connectivity index (χ0v) is 19.3. The molecule has 10 N–H and O–H groups in total. The first-order chi connectivity index (χ1) is 14.2. The van der Waals surface area contributed by atoms with Crippen molar-refractivity contribution in [3.8, 4) is 0 Å². The number of ether oxygens (including phenoxy) is 1. The zero-order chi connectivity index (χ0) is 25.5. The minimum absolute atomic E-state index is 0.0475. The molecule has 18 nitrogen and oxygen atoms in total. The van der Waals surface area contributed by atoms with E-state index in [4.69, 9.17) is 44.7 Å². The molecule has 0 aliphatic rings. The summed E-state index contributed by atoms with van der Waals surface area (Å²) < 4.78 is 49.8. The van der Waals surface area contributed by atoms with Gasteiger partial charge in [0.05, 0.1) is 19.3 Å². The van der Waals surface area contributed by atoms with Crippen LogP contribution in [0.25, 0.3) is 0 Å². The molecule has 0 fully saturated rings. The number of nitrogen functional groups attached to an aromatic ring is 1. The minimum Gasteiger partial charge on any atom is -0.394 e. The summed E-state index contributed by atoms with van der Waals surface area (Å²) in [4.78, 5) is 72.6. The molecule has 0 saturated heterocycles. The summed E-state index contributed by atoms with van der Waals surface area (Å²) in [5.74, 6) is 0.0475. The van der Waals surface area contributed by atoms with Crippen LogP contribution in [-0.2, 0) is 27.3 Å². The molecule has 2 atom stereocenters. The molecule has 0 aromatic carbocycles. The average molecular weight is 547 g/mol. The van der Waals surface area contributed by atoms with Crippen molar-refractivity contribution in [1.29, 1.82) is 0 Å². The smallest absolute Gasteiger partial charge is 0.394 e. The van der Waals surface area contributed by atoms with Crippen molar-refractivity contribution < 1.29 is 66.7 Å². The summed E-state index contributed by atoms with van der Waals surface area (Å²) in [5, 5.41) is 9.31. The second-order valence-electron chi connectivity index (χ2n) is 5.62. The van der Waals surface area contributed by atoms with Crippen molar-refractivity contribution in [3.05, 3.63) is 34.9 Å². The molecule has 22 heteroatoms. The Bertz CT molecular complexity index is 1040. The SMILES string of the molecule is C=C(COCP(=O)(O)O)C(CO)n1ccc(N)nc1=O.O=P(O)(O)OP(=O)(O)P(=O)(O)O. The summed E-state index contributed by atoms with van der Waals surface area (Å²) in [6.07, 6.45) is 0.582. The average Bonchev–Trinajstić information content (AvgIpc) is 2.53. The number of aromatic nitrogens is 2. The van der Waals surface area contributed by atoms with E-state index in [0.717, 1.165) is 4.57 Å². The van der Waals surface area contributed by atoms with Gasteiger partial charge in [-0.3, -0.25) is 9.13 Å². The van der Waals surface area contributed by atoms with Crippen LogP contribution in [0.4, 0.5) is 5.82 Å². The van der Waals surface area contributed by atoms with Crippen molar-refractivity contribution in [2.75, 3.05) is 25.3 Å². The monoisotopic (exact) mass is 547 g/mol. The number of hydrogen-bond donors (Lipinski definition) is 9. The molecule has 1 aromatic rings. The van der Waals surface area contributed by atoms with Gasteiger partial charge >= 0.3 is 35.7 Å². The lowest BCUT2D eigenvalue weighted by atomic mass is 10.1. The van der Waals surface area contributed by atoms with E-state index in [1.54, 1.807) is 0 Å². The molecule has 32 heavy (non-hydrogen) atoms. The van der Waals surface area contributed by atoms with Crippen LogP contribution in [0.5, 0.6) is 0 Å². The fourth-order valence-corrected chi connectivity index (χ4v) is 5.19. The molecule has 0 amide bonds. The lowest BCUT2D eigenvalue weighted by Crippen LogP contribution is -2.31. The molecule has 0 radical (unpaired) electrons. The van der Waals surface area contributed by atoms with Crippen LogP contribution in [0, 0.1) is 0 Å². The highest BCUT2D eigenvalue weighted by atomic mass is 32.1. The number of aliphatic hydroxyl groups is 1. The van der Waals surface area contributed by atoms with Gasteiger partial charge in [0.15, 0.2) is 0 Å². The lowest BCUT2D eigenvalue weighted by molar-refractivity contribution is 0.161. The lowest BCUT2D eigenvalue weighted by Gasteiger charge is -2.19. The Labute approximate surface area is 179 Å². The van der Waals surface area contributed by atoms with Crippen molar-refractivity contribution in [2.45, 2.75) is 6.04 Å². The predicted molar refractivity (Wildman–Crippen MR) is 106 cm³/mol. The second kappa shape index (κ2) is 11.9. The third-order valence-corrected chi connectivity index (χ3v) is 8.43. The maximum Gasteiger partial charge on any atom is 0.477 e. The van der Waals surface area contributed by atoms with E-state index in [0.29, 0.717) is 0 Å². The Morgan fingerprint density at radius 2 is 1.66 bits per heavy atom. The van der Waals surface area contributed by atoms with E-state index >= 15 is 0 Å². The Hall–Kier alpha value is -1.06. The van der Waals surface area contributed by atoms with Crippen LogP contribution in [0.3, 0.4) is 0 Å². The number of hydrogen-bond acceptors (Lipinski definition) is 10. The molecule has 186 valence electrons. The van der Waals surface area contributed by atoms with E-state index in [9.17, 15) is 28.2 Å². The zero-order valence-electron chi connectivity index (χ0n) is 15.8. The van der Waals surface area contributed by atoms with Gasteiger partial charge in [0.25, 0.3) is 0 Å². The molecule has 1 aromatic heterocycles. The topological polar surface area (TPSA) is 309 Å². The van der Waals surface area contributed by atoms with E-state index < -0.39 is 54.7 Å². The van der Waals surface area contributed by atoms with Crippen LogP contribution < -0.4 is 11.4 Å². The maximum absolute atomic E-state index is 11.6. The van der Waals surface area contributed by atoms with Gasteiger partial charge in [0.1, 0.15) is 12.2 Å². The van der Waals surface area contributed by atoms with Gasteiger partial charge in [0.2, 0.25) is 0 Å². The molecule has 0 bridgehead atoms. The van der Waals surface area contributed by atoms with Gasteiger partial charge < -0.3 is 49.8 Å². The Morgan fingerprint density at radius 1 is 1.12 bits per heavy atom. The Kier molecular flexibility index (Phi) is 11.5. The van der Waals surface area contributed by atoms with Crippen LogP contribution in [0.1, 0.15) is 6.04 Å². The summed E-state index contributed by atoms with van der Waals surface area (Å²) in [5.41, 5.74) is 4.96. The third kappa shape index (κ3) is 11.7. The first-order valence-corrected chi connectivity index (χ1v) is 14.8. The first-order valence-electron chi connectivity index (χ1n) is 7.61. The normalized spacial score (nSPS) is 15.2. The van der Waals surface area contributed by atoms with E-state index in [2.05, 4.69) is 15.9 Å². The molecular weight excluding hydrogens is 526 g/mol. The highest BCUT2D eigenvalue weighted by molar-refractivity contribution is 8.27. The van der Waals surface area contributed by atoms with Crippen molar-refractivity contribution >= 4 is 35.8 Å². The predicted octanol–water partition coefficient (Wildman–Crippen LogP) is -1.56. The van der Waals surface area contributed by atoms with Crippen molar-refractivity contribution in [3.63, 3.8) is 0 Å². The highest BCUT2D eigenvalue weighted by Crippen LogP contribution is 2.79.